The second-order valence-corrected chi connectivity index (χ2v) is 5.97. The summed E-state index contributed by atoms with van der Waals surface area (Å²) in [6.07, 6.45) is 2.53. The number of carbonyl (C=O) groups is 1. The van der Waals surface area contributed by atoms with E-state index in [-0.39, 0.29) is 0 Å². The predicted octanol–water partition coefficient (Wildman–Crippen LogP) is 1.25. The van der Waals surface area contributed by atoms with E-state index in [1.807, 2.05) is 18.2 Å². The zero-order valence-corrected chi connectivity index (χ0v) is 12.7. The molecule has 1 unspecified atom stereocenters. The number of amides is 1. The number of hydrogen-bond acceptors (Lipinski definition) is 4. The van der Waals surface area contributed by atoms with Crippen molar-refractivity contribution in [2.75, 3.05) is 19.7 Å². The smallest absolute Gasteiger partial charge is 0.237 e. The highest BCUT2D eigenvalue weighted by Gasteiger charge is 2.24. The minimum absolute atomic E-state index is 0.431. The Kier molecular flexibility index (Phi) is 5.20. The summed E-state index contributed by atoms with van der Waals surface area (Å²) >= 11 is 0. The summed E-state index contributed by atoms with van der Waals surface area (Å²) < 4.78 is 5.75. The zero-order valence-electron chi connectivity index (χ0n) is 12.7. The molecule has 2 rings (SSSR count). The van der Waals surface area contributed by atoms with Gasteiger partial charge in [-0.3, -0.25) is 9.69 Å². The molecular formula is C16H25N3O2. The molecule has 0 spiro atoms. The number of benzene rings is 1. The van der Waals surface area contributed by atoms with Crippen molar-refractivity contribution in [3.63, 3.8) is 0 Å². The maximum atomic E-state index is 11.2. The molecule has 0 bridgehead atoms. The maximum Gasteiger partial charge on any atom is 0.237 e. The Morgan fingerprint density at radius 3 is 2.90 bits per heavy atom. The second-order valence-electron chi connectivity index (χ2n) is 5.97. The number of para-hydroxylation sites is 1. The monoisotopic (exact) mass is 291 g/mol. The van der Waals surface area contributed by atoms with Crippen LogP contribution >= 0.6 is 0 Å². The average Bonchev–Trinajstić information content (AvgIpc) is 2.65. The maximum absolute atomic E-state index is 11.2. The number of carbonyl (C=O) groups excluding carboxylic acids is 1. The molecule has 1 aliphatic rings. The lowest BCUT2D eigenvalue weighted by molar-refractivity contribution is -0.122. The van der Waals surface area contributed by atoms with Gasteiger partial charge in [0.15, 0.2) is 0 Å². The van der Waals surface area contributed by atoms with Crippen LogP contribution in [-0.2, 0) is 11.3 Å². The molecule has 116 valence electrons. The van der Waals surface area contributed by atoms with Crippen LogP contribution in [0.15, 0.2) is 24.3 Å². The van der Waals surface area contributed by atoms with Gasteiger partial charge >= 0.3 is 0 Å². The quantitative estimate of drug-likeness (QED) is 0.773. The molecule has 21 heavy (non-hydrogen) atoms. The fourth-order valence-electron chi connectivity index (χ4n) is 2.52. The summed E-state index contributed by atoms with van der Waals surface area (Å²) in [5, 5.41) is 0. The predicted molar refractivity (Wildman–Crippen MR) is 82.9 cm³/mol. The van der Waals surface area contributed by atoms with Gasteiger partial charge in [0.05, 0.1) is 5.54 Å². The van der Waals surface area contributed by atoms with Gasteiger partial charge in [-0.05, 0) is 38.8 Å². The molecular weight excluding hydrogens is 266 g/mol. The summed E-state index contributed by atoms with van der Waals surface area (Å²) in [4.78, 5) is 13.5. The molecule has 1 aliphatic heterocycles. The van der Waals surface area contributed by atoms with Gasteiger partial charge in [0.1, 0.15) is 12.4 Å². The number of fused-ring (bicyclic) bond motifs is 1. The second kappa shape index (κ2) is 6.91. The average molecular weight is 291 g/mol. The van der Waals surface area contributed by atoms with Gasteiger partial charge in [-0.25, -0.2) is 0 Å². The molecule has 1 atom stereocenters. The molecule has 1 amide bonds. The van der Waals surface area contributed by atoms with E-state index >= 15 is 0 Å². The molecule has 1 aromatic carbocycles. The zero-order chi connectivity index (χ0) is 15.3. The number of ether oxygens (including phenoxy) is 1. The fraction of sp³-hybridized carbons (Fsp3) is 0.562. The van der Waals surface area contributed by atoms with Gasteiger partial charge in [-0.1, -0.05) is 18.2 Å². The minimum atomic E-state index is -0.894. The topological polar surface area (TPSA) is 81.6 Å². The van der Waals surface area contributed by atoms with Crippen molar-refractivity contribution >= 4 is 5.91 Å². The van der Waals surface area contributed by atoms with Crippen molar-refractivity contribution in [3.8, 4) is 5.75 Å². The molecule has 1 aromatic rings. The molecule has 0 saturated heterocycles. The van der Waals surface area contributed by atoms with Crippen LogP contribution in [0, 0.1) is 0 Å². The van der Waals surface area contributed by atoms with E-state index in [0.29, 0.717) is 13.0 Å². The molecule has 1 heterocycles. The normalized spacial score (nSPS) is 18.2. The Hall–Kier alpha value is -1.59. The van der Waals surface area contributed by atoms with Gasteiger partial charge < -0.3 is 16.2 Å². The third kappa shape index (κ3) is 4.44. The highest BCUT2D eigenvalue weighted by Crippen LogP contribution is 2.22. The van der Waals surface area contributed by atoms with E-state index in [0.717, 1.165) is 38.2 Å². The fourth-order valence-corrected chi connectivity index (χ4v) is 2.52. The van der Waals surface area contributed by atoms with Crippen LogP contribution in [0.3, 0.4) is 0 Å². The van der Waals surface area contributed by atoms with Gasteiger partial charge in [0.25, 0.3) is 0 Å². The number of primary amides is 1. The Morgan fingerprint density at radius 1 is 1.38 bits per heavy atom. The first-order valence-corrected chi connectivity index (χ1v) is 7.51. The standard InChI is InChI=1S/C16H25N3O2/c1-16(18,15(17)20)8-4-5-9-19-10-11-21-14-7-3-2-6-13(14)12-19/h2-3,6-7H,4-5,8-12,18H2,1H3,(H2,17,20). The third-order valence-corrected chi connectivity index (χ3v) is 4.01. The van der Waals surface area contributed by atoms with Crippen LogP contribution in [0.2, 0.25) is 0 Å². The molecule has 0 radical (unpaired) electrons. The van der Waals surface area contributed by atoms with Crippen LogP contribution < -0.4 is 16.2 Å². The van der Waals surface area contributed by atoms with Crippen molar-refractivity contribution in [1.29, 1.82) is 0 Å². The number of hydrogen-bond donors (Lipinski definition) is 2. The number of nitrogens with zero attached hydrogens (tertiary/aromatic N) is 1. The van der Waals surface area contributed by atoms with Crippen LogP contribution in [-0.4, -0.2) is 36.0 Å². The van der Waals surface area contributed by atoms with Crippen molar-refractivity contribution in [2.24, 2.45) is 11.5 Å². The van der Waals surface area contributed by atoms with E-state index in [2.05, 4.69) is 11.0 Å². The molecule has 0 aliphatic carbocycles. The minimum Gasteiger partial charge on any atom is -0.492 e. The van der Waals surface area contributed by atoms with Crippen molar-refractivity contribution in [2.45, 2.75) is 38.3 Å². The molecule has 0 aromatic heterocycles. The lowest BCUT2D eigenvalue weighted by Gasteiger charge is -2.22. The summed E-state index contributed by atoms with van der Waals surface area (Å²) in [5.74, 6) is 0.558. The third-order valence-electron chi connectivity index (χ3n) is 4.01. The summed E-state index contributed by atoms with van der Waals surface area (Å²) in [7, 11) is 0. The SMILES string of the molecule is CC(N)(CCCCN1CCOc2ccccc2C1)C(N)=O. The first-order chi connectivity index (χ1) is 9.99. The highest BCUT2D eigenvalue weighted by molar-refractivity contribution is 5.83. The van der Waals surface area contributed by atoms with Gasteiger partial charge in [0.2, 0.25) is 5.91 Å². The molecule has 5 nitrogen and oxygen atoms in total. The number of unbranched alkanes of at least 4 members (excludes halogenated alkanes) is 1. The number of rotatable bonds is 6. The van der Waals surface area contributed by atoms with Crippen molar-refractivity contribution in [3.05, 3.63) is 29.8 Å². The molecule has 5 heteroatoms. The molecule has 0 fully saturated rings. The lowest BCUT2D eigenvalue weighted by Crippen LogP contribution is -2.49. The van der Waals surface area contributed by atoms with E-state index in [9.17, 15) is 4.79 Å². The summed E-state index contributed by atoms with van der Waals surface area (Å²) in [5.41, 5.74) is 11.5. The first-order valence-electron chi connectivity index (χ1n) is 7.51. The Bertz CT molecular complexity index is 488. The van der Waals surface area contributed by atoms with Gasteiger partial charge in [-0.2, -0.15) is 0 Å². The van der Waals surface area contributed by atoms with Crippen LogP contribution in [0.25, 0.3) is 0 Å². The first kappa shape index (κ1) is 15.8. The van der Waals surface area contributed by atoms with Crippen LogP contribution in [0.5, 0.6) is 5.75 Å². The van der Waals surface area contributed by atoms with Crippen molar-refractivity contribution < 1.29 is 9.53 Å². The van der Waals surface area contributed by atoms with Gasteiger partial charge in [0, 0.05) is 18.7 Å². The number of nitrogens with two attached hydrogens (primary N) is 2. The largest absolute Gasteiger partial charge is 0.492 e. The van der Waals surface area contributed by atoms with Crippen LogP contribution in [0.4, 0.5) is 0 Å². The van der Waals surface area contributed by atoms with E-state index in [4.69, 9.17) is 16.2 Å². The Labute approximate surface area is 126 Å². The lowest BCUT2D eigenvalue weighted by atomic mass is 9.95. The van der Waals surface area contributed by atoms with E-state index < -0.39 is 11.4 Å². The Balaban J connectivity index is 1.78. The Morgan fingerprint density at radius 2 is 2.14 bits per heavy atom. The molecule has 4 N–H and O–H groups in total. The van der Waals surface area contributed by atoms with Crippen molar-refractivity contribution in [1.82, 2.24) is 4.90 Å². The summed E-state index contributed by atoms with van der Waals surface area (Å²) in [6.45, 7) is 5.22. The highest BCUT2D eigenvalue weighted by atomic mass is 16.5. The van der Waals surface area contributed by atoms with E-state index in [1.54, 1.807) is 6.92 Å². The van der Waals surface area contributed by atoms with Gasteiger partial charge in [-0.15, -0.1) is 0 Å². The van der Waals surface area contributed by atoms with Crippen LogP contribution in [0.1, 0.15) is 31.7 Å². The van der Waals surface area contributed by atoms with E-state index in [1.165, 1.54) is 5.56 Å². The molecule has 0 saturated carbocycles. The summed E-state index contributed by atoms with van der Waals surface area (Å²) in [6, 6.07) is 8.17.